The summed E-state index contributed by atoms with van der Waals surface area (Å²) >= 11 is 6.12. The zero-order valence-corrected chi connectivity index (χ0v) is 20.7. The zero-order valence-electron chi connectivity index (χ0n) is 20.0. The first-order valence-electron chi connectivity index (χ1n) is 11.3. The van der Waals surface area contributed by atoms with Crippen molar-refractivity contribution in [3.05, 3.63) is 62.9 Å². The van der Waals surface area contributed by atoms with E-state index in [9.17, 15) is 41.8 Å². The number of amides is 1. The number of pyridine rings is 2. The van der Waals surface area contributed by atoms with E-state index in [4.69, 9.17) is 11.6 Å². The maximum Gasteiger partial charge on any atom is 0.391 e. The number of carbonyl (C=O) groups is 1. The third kappa shape index (κ3) is 5.59. The molecule has 0 radical (unpaired) electrons. The van der Waals surface area contributed by atoms with Crippen molar-refractivity contribution in [2.45, 2.75) is 44.2 Å². The number of aromatic nitrogens is 2. The number of aliphatic hydroxyl groups is 2. The Bertz CT molecular complexity index is 1440. The Morgan fingerprint density at radius 1 is 1.16 bits per heavy atom. The summed E-state index contributed by atoms with van der Waals surface area (Å²) in [5.74, 6) is -3.14. The molecule has 204 valence electrons. The fraction of sp³-hybridized carbons (Fsp3) is 0.375. The van der Waals surface area contributed by atoms with Gasteiger partial charge < -0.3 is 20.4 Å². The molecule has 2 aromatic heterocycles. The number of nitrogens with one attached hydrogen (secondary N) is 1. The van der Waals surface area contributed by atoms with Crippen LogP contribution in [0.5, 0.6) is 0 Å². The van der Waals surface area contributed by atoms with Gasteiger partial charge in [0.25, 0.3) is 5.91 Å². The first-order valence-corrected chi connectivity index (χ1v) is 11.7. The molecule has 38 heavy (non-hydrogen) atoms. The Kier molecular flexibility index (Phi) is 7.14. The number of anilines is 1. The summed E-state index contributed by atoms with van der Waals surface area (Å²) in [6.07, 6.45) is -7.25. The lowest BCUT2D eigenvalue weighted by molar-refractivity contribution is -0.146. The molecule has 1 saturated heterocycles. The van der Waals surface area contributed by atoms with Crippen LogP contribution in [0.1, 0.15) is 30.6 Å². The minimum absolute atomic E-state index is 0.00431. The van der Waals surface area contributed by atoms with Crippen LogP contribution in [0.25, 0.3) is 16.7 Å². The normalized spacial score (nSPS) is 18.3. The van der Waals surface area contributed by atoms with Gasteiger partial charge in [-0.2, -0.15) is 13.2 Å². The number of carbonyl (C=O) groups excluding carboxylic acids is 1. The van der Waals surface area contributed by atoms with Gasteiger partial charge in [0.2, 0.25) is 5.43 Å². The van der Waals surface area contributed by atoms with E-state index in [0.717, 1.165) is 30.7 Å². The lowest BCUT2D eigenvalue weighted by Crippen LogP contribution is -2.47. The van der Waals surface area contributed by atoms with Crippen LogP contribution in [-0.2, 0) is 0 Å². The molecule has 1 amide bonds. The molecule has 4 rings (SSSR count). The molecule has 3 N–H and O–H groups in total. The Balaban J connectivity index is 1.91. The van der Waals surface area contributed by atoms with Gasteiger partial charge in [0, 0.05) is 30.9 Å². The smallest absolute Gasteiger partial charge is 0.389 e. The number of β-amino-alcohol motifs (C(OH)–C–C–N with tert-alkyl or cyclic N) is 2. The van der Waals surface area contributed by atoms with Crippen LogP contribution in [0, 0.1) is 11.6 Å². The summed E-state index contributed by atoms with van der Waals surface area (Å²) in [6.45, 7) is 2.26. The Morgan fingerprint density at radius 3 is 2.37 bits per heavy atom. The first-order chi connectivity index (χ1) is 17.6. The number of rotatable bonds is 5. The highest BCUT2D eigenvalue weighted by Gasteiger charge is 2.38. The van der Waals surface area contributed by atoms with Crippen LogP contribution in [0.15, 0.2) is 35.3 Å². The summed E-state index contributed by atoms with van der Waals surface area (Å²) in [4.78, 5) is 32.1. The molecule has 1 aliphatic rings. The van der Waals surface area contributed by atoms with E-state index in [1.54, 1.807) is 0 Å². The quantitative estimate of drug-likeness (QED) is 0.413. The molecular weight excluding hydrogens is 539 g/mol. The lowest BCUT2D eigenvalue weighted by Gasteiger charge is -2.27. The fourth-order valence-corrected chi connectivity index (χ4v) is 4.63. The zero-order chi connectivity index (χ0) is 28.2. The van der Waals surface area contributed by atoms with E-state index in [0.29, 0.717) is 6.07 Å². The second-order valence-corrected chi connectivity index (χ2v) is 10.1. The summed E-state index contributed by atoms with van der Waals surface area (Å²) in [6, 6.07) is 3.96. The van der Waals surface area contributed by atoms with E-state index in [1.807, 2.05) is 0 Å². The number of hydrogen-bond acceptors (Lipinski definition) is 6. The van der Waals surface area contributed by atoms with Crippen molar-refractivity contribution in [1.29, 1.82) is 0 Å². The molecule has 1 aromatic carbocycles. The highest BCUT2D eigenvalue weighted by Crippen LogP contribution is 2.30. The summed E-state index contributed by atoms with van der Waals surface area (Å²) in [7, 11) is 0. The summed E-state index contributed by atoms with van der Waals surface area (Å²) in [5.41, 5.74) is -4.00. The van der Waals surface area contributed by atoms with E-state index < -0.39 is 69.6 Å². The molecule has 1 aliphatic heterocycles. The van der Waals surface area contributed by atoms with E-state index in [-0.39, 0.29) is 29.9 Å². The SMILES string of the molecule is CC(C)(CC(F)(F)F)NC(=O)c1cn(-c2c(F)cc(F)cc2Cl)c2nc(N3C[C@@H](O)[C@H](O)C3)ccc2c1=O. The Morgan fingerprint density at radius 2 is 1.79 bits per heavy atom. The Hall–Kier alpha value is -3.29. The largest absolute Gasteiger partial charge is 0.391 e. The first kappa shape index (κ1) is 27.7. The van der Waals surface area contributed by atoms with Gasteiger partial charge in [0.1, 0.15) is 22.9 Å². The van der Waals surface area contributed by atoms with Gasteiger partial charge in [-0.3, -0.25) is 14.2 Å². The summed E-state index contributed by atoms with van der Waals surface area (Å²) in [5, 5.41) is 21.3. The highest BCUT2D eigenvalue weighted by molar-refractivity contribution is 6.32. The maximum atomic E-state index is 15.0. The van der Waals surface area contributed by atoms with Crippen molar-refractivity contribution in [1.82, 2.24) is 14.9 Å². The van der Waals surface area contributed by atoms with E-state index in [1.165, 1.54) is 17.0 Å². The molecule has 14 heteroatoms. The van der Waals surface area contributed by atoms with Crippen molar-refractivity contribution < 1.29 is 37.0 Å². The third-order valence-electron chi connectivity index (χ3n) is 5.98. The van der Waals surface area contributed by atoms with Crippen molar-refractivity contribution in [3.8, 4) is 5.69 Å². The molecule has 0 bridgehead atoms. The molecule has 0 saturated carbocycles. The van der Waals surface area contributed by atoms with Crippen molar-refractivity contribution in [2.75, 3.05) is 18.0 Å². The second-order valence-electron chi connectivity index (χ2n) is 9.67. The topological polar surface area (TPSA) is 108 Å². The van der Waals surface area contributed by atoms with Crippen LogP contribution in [0.3, 0.4) is 0 Å². The van der Waals surface area contributed by atoms with Gasteiger partial charge in [-0.1, -0.05) is 11.6 Å². The monoisotopic (exact) mass is 560 g/mol. The average Bonchev–Trinajstić information content (AvgIpc) is 3.10. The van der Waals surface area contributed by atoms with E-state index in [2.05, 4.69) is 10.3 Å². The second kappa shape index (κ2) is 9.79. The molecule has 1 fully saturated rings. The molecule has 0 unspecified atom stereocenters. The lowest BCUT2D eigenvalue weighted by atomic mass is 9.99. The van der Waals surface area contributed by atoms with Gasteiger partial charge in [0.15, 0.2) is 11.5 Å². The van der Waals surface area contributed by atoms with Crippen molar-refractivity contribution in [3.63, 3.8) is 0 Å². The molecule has 0 aliphatic carbocycles. The number of aliphatic hydroxyl groups excluding tert-OH is 2. The predicted octanol–water partition coefficient (Wildman–Crippen LogP) is 3.32. The average molecular weight is 561 g/mol. The van der Waals surface area contributed by atoms with Crippen molar-refractivity contribution >= 4 is 34.4 Å². The molecule has 0 spiro atoms. The molecule has 3 aromatic rings. The van der Waals surface area contributed by atoms with Crippen LogP contribution >= 0.6 is 11.6 Å². The van der Waals surface area contributed by atoms with E-state index >= 15 is 0 Å². The minimum atomic E-state index is -4.61. The fourth-order valence-electron chi connectivity index (χ4n) is 4.34. The van der Waals surface area contributed by atoms with Crippen LogP contribution in [0.2, 0.25) is 5.02 Å². The maximum absolute atomic E-state index is 15.0. The van der Waals surface area contributed by atoms with Gasteiger partial charge in [-0.25, -0.2) is 13.8 Å². The molecule has 8 nitrogen and oxygen atoms in total. The van der Waals surface area contributed by atoms with Crippen LogP contribution in [0.4, 0.5) is 27.8 Å². The third-order valence-corrected chi connectivity index (χ3v) is 6.27. The van der Waals surface area contributed by atoms with Crippen molar-refractivity contribution in [2.24, 2.45) is 0 Å². The van der Waals surface area contributed by atoms with Gasteiger partial charge in [-0.15, -0.1) is 0 Å². The number of halogens is 6. The van der Waals surface area contributed by atoms with Gasteiger partial charge in [-0.05, 0) is 32.0 Å². The number of benzene rings is 1. The standard InChI is InChI=1S/C24H22ClF5N4O4/c1-23(2,10-24(28,29)30)32-22(38)13-7-34(19-14(25)5-11(26)6-15(19)27)21-12(20(13)37)3-4-18(31-21)33-8-16(35)17(36)9-33/h3-7,16-17,35-36H,8-10H2,1-2H3,(H,32,38)/t16-,17-/m1/s1. The predicted molar refractivity (Wildman–Crippen MR) is 129 cm³/mol. The number of alkyl halides is 3. The summed E-state index contributed by atoms with van der Waals surface area (Å²) < 4.78 is 68.6. The highest BCUT2D eigenvalue weighted by atomic mass is 35.5. The number of fused-ring (bicyclic) bond motifs is 1. The minimum Gasteiger partial charge on any atom is -0.389 e. The molecule has 3 heterocycles. The van der Waals surface area contributed by atoms with Gasteiger partial charge >= 0.3 is 6.18 Å². The number of hydrogen-bond donors (Lipinski definition) is 3. The Labute approximate surface area is 217 Å². The molecule has 2 atom stereocenters. The number of nitrogens with zero attached hydrogens (tertiary/aromatic N) is 3. The van der Waals surface area contributed by atoms with Gasteiger partial charge in [0.05, 0.1) is 29.0 Å². The molecular formula is C24H22ClF5N4O4. The van der Waals surface area contributed by atoms with Crippen LogP contribution in [-0.4, -0.2) is 62.7 Å². The van der Waals surface area contributed by atoms with Crippen LogP contribution < -0.4 is 15.6 Å².